The van der Waals surface area contributed by atoms with Crippen LogP contribution in [0.5, 0.6) is 0 Å². The first-order valence-corrected chi connectivity index (χ1v) is 7.76. The van der Waals surface area contributed by atoms with Crippen molar-refractivity contribution in [3.63, 3.8) is 0 Å². The Morgan fingerprint density at radius 1 is 1.26 bits per heavy atom. The minimum atomic E-state index is 0.284. The fourth-order valence-corrected chi connectivity index (χ4v) is 2.83. The Morgan fingerprint density at radius 2 is 1.89 bits per heavy atom. The Kier molecular flexibility index (Phi) is 6.34. The minimum absolute atomic E-state index is 0.284. The van der Waals surface area contributed by atoms with Gasteiger partial charge in [-0.1, -0.05) is 32.4 Å². The molecule has 0 atom stereocenters. The van der Waals surface area contributed by atoms with Crippen molar-refractivity contribution < 1.29 is 0 Å². The molecule has 0 amide bonds. The predicted molar refractivity (Wildman–Crippen MR) is 82.8 cm³/mol. The third-order valence-electron chi connectivity index (χ3n) is 4.25. The van der Waals surface area contributed by atoms with Gasteiger partial charge < -0.3 is 5.32 Å². The molecule has 1 N–H and O–H groups in total. The van der Waals surface area contributed by atoms with Gasteiger partial charge in [0.2, 0.25) is 0 Å². The molecule has 0 aliphatic rings. The smallest absolute Gasteiger partial charge is 0.130 e. The Labute approximate surface area is 122 Å². The van der Waals surface area contributed by atoms with E-state index in [2.05, 4.69) is 38.1 Å². The number of aryl methyl sites for hydroxylation is 2. The molecule has 0 aliphatic carbocycles. The highest BCUT2D eigenvalue weighted by Gasteiger charge is 2.29. The summed E-state index contributed by atoms with van der Waals surface area (Å²) in [7, 11) is 1.91. The Hall–Kier alpha value is -0.540. The average molecular weight is 286 g/mol. The van der Waals surface area contributed by atoms with Crippen LogP contribution < -0.4 is 5.32 Å². The molecule has 0 aliphatic heterocycles. The third-order valence-corrected chi connectivity index (χ3v) is 4.72. The summed E-state index contributed by atoms with van der Waals surface area (Å²) in [5, 5.41) is 8.79. The molecule has 1 aromatic rings. The van der Waals surface area contributed by atoms with E-state index < -0.39 is 0 Å². The summed E-state index contributed by atoms with van der Waals surface area (Å²) in [5.74, 6) is 0. The largest absolute Gasteiger partial charge is 0.316 e. The van der Waals surface area contributed by atoms with Crippen molar-refractivity contribution in [3.05, 3.63) is 16.4 Å². The van der Waals surface area contributed by atoms with E-state index in [9.17, 15) is 0 Å². The number of halogens is 1. The predicted octanol–water partition coefficient (Wildman–Crippen LogP) is 3.73. The van der Waals surface area contributed by atoms with Crippen LogP contribution in [0.1, 0.15) is 51.3 Å². The maximum atomic E-state index is 6.38. The van der Waals surface area contributed by atoms with Crippen molar-refractivity contribution >= 4 is 11.6 Å². The highest BCUT2D eigenvalue weighted by Crippen LogP contribution is 2.34. The first-order chi connectivity index (χ1) is 8.99. The van der Waals surface area contributed by atoms with Crippen molar-refractivity contribution in [1.82, 2.24) is 15.1 Å². The van der Waals surface area contributed by atoms with Crippen LogP contribution in [-0.2, 0) is 13.5 Å². The van der Waals surface area contributed by atoms with Crippen molar-refractivity contribution in [3.8, 4) is 0 Å². The molecule has 0 saturated carbocycles. The monoisotopic (exact) mass is 285 g/mol. The number of nitrogens with zero attached hydrogens (tertiary/aromatic N) is 2. The Bertz CT molecular complexity index is 394. The molecular weight excluding hydrogens is 258 g/mol. The van der Waals surface area contributed by atoms with Gasteiger partial charge in [-0.3, -0.25) is 4.68 Å². The molecule has 1 rings (SSSR count). The lowest BCUT2D eigenvalue weighted by Crippen LogP contribution is -2.36. The van der Waals surface area contributed by atoms with Gasteiger partial charge >= 0.3 is 0 Å². The Balaban J connectivity index is 2.88. The van der Waals surface area contributed by atoms with Crippen LogP contribution in [0.4, 0.5) is 0 Å². The van der Waals surface area contributed by atoms with Crippen LogP contribution >= 0.6 is 11.6 Å². The van der Waals surface area contributed by atoms with E-state index in [0.717, 1.165) is 43.2 Å². The summed E-state index contributed by atoms with van der Waals surface area (Å²) in [6.45, 7) is 10.9. The van der Waals surface area contributed by atoms with Crippen LogP contribution in [0.15, 0.2) is 0 Å². The molecule has 0 radical (unpaired) electrons. The lowest BCUT2D eigenvalue weighted by atomic mass is 9.77. The van der Waals surface area contributed by atoms with E-state index in [0.29, 0.717) is 0 Å². The van der Waals surface area contributed by atoms with Gasteiger partial charge in [0.15, 0.2) is 0 Å². The number of hydrogen-bond acceptors (Lipinski definition) is 2. The molecule has 3 nitrogen and oxygen atoms in total. The second kappa shape index (κ2) is 7.30. The maximum absolute atomic E-state index is 6.38. The first-order valence-electron chi connectivity index (χ1n) is 7.38. The summed E-state index contributed by atoms with van der Waals surface area (Å²) in [4.78, 5) is 0. The van der Waals surface area contributed by atoms with Gasteiger partial charge in [0, 0.05) is 19.2 Å². The van der Waals surface area contributed by atoms with Gasteiger partial charge in [-0.15, -0.1) is 0 Å². The van der Waals surface area contributed by atoms with Crippen LogP contribution in [0.2, 0.25) is 5.15 Å². The van der Waals surface area contributed by atoms with Crippen molar-refractivity contribution in [2.45, 2.75) is 53.4 Å². The first kappa shape index (κ1) is 16.5. The molecule has 19 heavy (non-hydrogen) atoms. The van der Waals surface area contributed by atoms with E-state index in [1.54, 1.807) is 4.68 Å². The van der Waals surface area contributed by atoms with E-state index in [1.807, 2.05) is 7.05 Å². The molecule has 0 unspecified atom stereocenters. The quantitative estimate of drug-likeness (QED) is 0.738. The SMILES string of the molecule is CCCNCC(CC)(CC)Cc1c(C)nn(C)c1Cl. The van der Waals surface area contributed by atoms with Crippen molar-refractivity contribution in [2.24, 2.45) is 12.5 Å². The van der Waals surface area contributed by atoms with Gasteiger partial charge in [-0.25, -0.2) is 0 Å². The van der Waals surface area contributed by atoms with Crippen LogP contribution in [-0.4, -0.2) is 22.9 Å². The summed E-state index contributed by atoms with van der Waals surface area (Å²) >= 11 is 6.38. The van der Waals surface area contributed by atoms with E-state index in [4.69, 9.17) is 11.6 Å². The van der Waals surface area contributed by atoms with Crippen LogP contribution in [0.25, 0.3) is 0 Å². The minimum Gasteiger partial charge on any atom is -0.316 e. The molecule has 0 fully saturated rings. The molecule has 110 valence electrons. The molecule has 0 spiro atoms. The molecule has 1 heterocycles. The number of aromatic nitrogens is 2. The highest BCUT2D eigenvalue weighted by atomic mass is 35.5. The van der Waals surface area contributed by atoms with Gasteiger partial charge in [-0.2, -0.15) is 5.10 Å². The second-order valence-corrected chi connectivity index (χ2v) is 5.90. The molecule has 4 heteroatoms. The standard InChI is InChI=1S/C15H28ClN3/c1-6-9-17-11-15(7-2,8-3)10-13-12(4)18-19(5)14(13)16/h17H,6-11H2,1-5H3. The van der Waals surface area contributed by atoms with Gasteiger partial charge in [0.05, 0.1) is 5.69 Å². The molecule has 1 aromatic heterocycles. The fourth-order valence-electron chi connectivity index (χ4n) is 2.59. The highest BCUT2D eigenvalue weighted by molar-refractivity contribution is 6.30. The topological polar surface area (TPSA) is 29.9 Å². The van der Waals surface area contributed by atoms with E-state index in [-0.39, 0.29) is 5.41 Å². The maximum Gasteiger partial charge on any atom is 0.130 e. The lowest BCUT2D eigenvalue weighted by Gasteiger charge is -2.32. The van der Waals surface area contributed by atoms with Crippen LogP contribution in [0, 0.1) is 12.3 Å². The van der Waals surface area contributed by atoms with Gasteiger partial charge in [0.1, 0.15) is 5.15 Å². The summed E-state index contributed by atoms with van der Waals surface area (Å²) in [6, 6.07) is 0. The molecule has 0 saturated heterocycles. The molecular formula is C15H28ClN3. The van der Waals surface area contributed by atoms with Crippen LogP contribution in [0.3, 0.4) is 0 Å². The van der Waals surface area contributed by atoms with Crippen molar-refractivity contribution in [1.29, 1.82) is 0 Å². The molecule has 0 aromatic carbocycles. The second-order valence-electron chi connectivity index (χ2n) is 5.54. The average Bonchev–Trinajstić information content (AvgIpc) is 2.64. The Morgan fingerprint density at radius 3 is 2.32 bits per heavy atom. The van der Waals surface area contributed by atoms with Gasteiger partial charge in [-0.05, 0) is 44.6 Å². The zero-order valence-corrected chi connectivity index (χ0v) is 13.8. The zero-order valence-electron chi connectivity index (χ0n) is 13.0. The normalized spacial score (nSPS) is 12.1. The fraction of sp³-hybridized carbons (Fsp3) is 0.800. The number of rotatable bonds is 8. The summed E-state index contributed by atoms with van der Waals surface area (Å²) in [5.41, 5.74) is 2.56. The molecule has 0 bridgehead atoms. The number of nitrogens with one attached hydrogen (secondary N) is 1. The van der Waals surface area contributed by atoms with E-state index in [1.165, 1.54) is 12.0 Å². The lowest BCUT2D eigenvalue weighted by molar-refractivity contribution is 0.246. The zero-order chi connectivity index (χ0) is 14.5. The number of hydrogen-bond donors (Lipinski definition) is 1. The summed E-state index contributed by atoms with van der Waals surface area (Å²) in [6.07, 6.45) is 4.50. The third kappa shape index (κ3) is 3.96. The summed E-state index contributed by atoms with van der Waals surface area (Å²) < 4.78 is 1.78. The van der Waals surface area contributed by atoms with Crippen molar-refractivity contribution in [2.75, 3.05) is 13.1 Å². The van der Waals surface area contributed by atoms with Gasteiger partial charge in [0.25, 0.3) is 0 Å². The van der Waals surface area contributed by atoms with E-state index >= 15 is 0 Å².